The van der Waals surface area contributed by atoms with Gasteiger partial charge in [-0.25, -0.2) is 4.79 Å². The van der Waals surface area contributed by atoms with E-state index in [4.69, 9.17) is 5.11 Å². The van der Waals surface area contributed by atoms with E-state index in [2.05, 4.69) is 5.32 Å². The monoisotopic (exact) mass is 326 g/mol. The van der Waals surface area contributed by atoms with Crippen molar-refractivity contribution in [2.24, 2.45) is 0 Å². The predicted molar refractivity (Wildman–Crippen MR) is 83.3 cm³/mol. The van der Waals surface area contributed by atoms with Crippen LogP contribution in [-0.4, -0.2) is 45.4 Å². The average molecular weight is 326 g/mol. The SMILES string of the molecule is CSCCC(NC(=O)Cn1cccc(C(C)=O)c1=O)C(=O)O. The molecule has 0 aliphatic heterocycles. The molecule has 120 valence electrons. The third kappa shape index (κ3) is 5.03. The molecule has 0 saturated carbocycles. The Hall–Kier alpha value is -2.09. The fraction of sp³-hybridized carbons (Fsp3) is 0.429. The van der Waals surface area contributed by atoms with Crippen molar-refractivity contribution < 1.29 is 19.5 Å². The number of rotatable bonds is 8. The number of carboxylic acid groups (broad SMARTS) is 1. The number of nitrogens with zero attached hydrogens (tertiary/aromatic N) is 1. The fourth-order valence-electron chi connectivity index (χ4n) is 1.82. The van der Waals surface area contributed by atoms with Crippen molar-refractivity contribution in [3.8, 4) is 0 Å². The summed E-state index contributed by atoms with van der Waals surface area (Å²) in [4.78, 5) is 46.2. The van der Waals surface area contributed by atoms with E-state index in [0.29, 0.717) is 12.2 Å². The zero-order valence-electron chi connectivity index (χ0n) is 12.4. The van der Waals surface area contributed by atoms with Crippen molar-refractivity contribution in [3.05, 3.63) is 34.2 Å². The van der Waals surface area contributed by atoms with Crippen LogP contribution in [-0.2, 0) is 16.1 Å². The summed E-state index contributed by atoms with van der Waals surface area (Å²) in [6.45, 7) is 0.938. The number of pyridine rings is 1. The van der Waals surface area contributed by atoms with Gasteiger partial charge < -0.3 is 15.0 Å². The molecule has 1 aromatic rings. The number of carbonyl (C=O) groups excluding carboxylic acids is 2. The Morgan fingerprint density at radius 3 is 2.64 bits per heavy atom. The minimum atomic E-state index is -1.12. The summed E-state index contributed by atoms with van der Waals surface area (Å²) in [5.41, 5.74) is -0.575. The van der Waals surface area contributed by atoms with Crippen LogP contribution >= 0.6 is 11.8 Å². The summed E-state index contributed by atoms with van der Waals surface area (Å²) in [6, 6.07) is 1.89. The van der Waals surface area contributed by atoms with Crippen LogP contribution in [0.3, 0.4) is 0 Å². The fourth-order valence-corrected chi connectivity index (χ4v) is 2.29. The highest BCUT2D eigenvalue weighted by molar-refractivity contribution is 7.98. The number of Topliss-reactive ketones (excluding diaryl/α,β-unsaturated/α-hetero) is 1. The number of carbonyl (C=O) groups is 3. The molecule has 0 fully saturated rings. The third-order valence-electron chi connectivity index (χ3n) is 2.96. The number of aliphatic carboxylic acids is 1. The first-order valence-corrected chi connectivity index (χ1v) is 7.97. The maximum Gasteiger partial charge on any atom is 0.326 e. The molecule has 1 aromatic heterocycles. The van der Waals surface area contributed by atoms with Crippen molar-refractivity contribution in [2.45, 2.75) is 25.9 Å². The lowest BCUT2D eigenvalue weighted by atomic mass is 10.2. The molecular formula is C14H18N2O5S. The van der Waals surface area contributed by atoms with Gasteiger partial charge in [0.15, 0.2) is 5.78 Å². The van der Waals surface area contributed by atoms with Gasteiger partial charge in [-0.05, 0) is 37.5 Å². The minimum Gasteiger partial charge on any atom is -0.480 e. The van der Waals surface area contributed by atoms with Gasteiger partial charge in [-0.15, -0.1) is 0 Å². The molecule has 1 unspecified atom stereocenters. The van der Waals surface area contributed by atoms with Crippen LogP contribution < -0.4 is 10.9 Å². The zero-order chi connectivity index (χ0) is 16.7. The highest BCUT2D eigenvalue weighted by Crippen LogP contribution is 2.01. The van der Waals surface area contributed by atoms with Crippen molar-refractivity contribution in [1.29, 1.82) is 0 Å². The molecule has 1 amide bonds. The second kappa shape index (κ2) is 8.38. The lowest BCUT2D eigenvalue weighted by molar-refractivity contribution is -0.141. The van der Waals surface area contributed by atoms with Crippen LogP contribution in [0.2, 0.25) is 0 Å². The van der Waals surface area contributed by atoms with E-state index in [1.54, 1.807) is 0 Å². The van der Waals surface area contributed by atoms with Gasteiger partial charge in [0.1, 0.15) is 12.6 Å². The van der Waals surface area contributed by atoms with Crippen LogP contribution in [0.4, 0.5) is 0 Å². The number of amides is 1. The first-order valence-electron chi connectivity index (χ1n) is 6.58. The van der Waals surface area contributed by atoms with Crippen LogP contribution in [0, 0.1) is 0 Å². The molecule has 0 radical (unpaired) electrons. The summed E-state index contributed by atoms with van der Waals surface area (Å²) in [5.74, 6) is -1.50. The third-order valence-corrected chi connectivity index (χ3v) is 3.60. The highest BCUT2D eigenvalue weighted by atomic mass is 32.2. The van der Waals surface area contributed by atoms with Gasteiger partial charge in [-0.1, -0.05) is 0 Å². The molecule has 1 rings (SSSR count). The highest BCUT2D eigenvalue weighted by Gasteiger charge is 2.20. The zero-order valence-corrected chi connectivity index (χ0v) is 13.2. The van der Waals surface area contributed by atoms with Crippen LogP contribution in [0.5, 0.6) is 0 Å². The van der Waals surface area contributed by atoms with Crippen LogP contribution in [0.1, 0.15) is 23.7 Å². The molecule has 0 saturated heterocycles. The van der Waals surface area contributed by atoms with E-state index in [1.807, 2.05) is 6.26 Å². The van der Waals surface area contributed by atoms with E-state index >= 15 is 0 Å². The Morgan fingerprint density at radius 2 is 2.09 bits per heavy atom. The topological polar surface area (TPSA) is 105 Å². The van der Waals surface area contributed by atoms with Crippen molar-refractivity contribution >= 4 is 29.4 Å². The number of nitrogens with one attached hydrogen (secondary N) is 1. The van der Waals surface area contributed by atoms with Gasteiger partial charge in [0, 0.05) is 6.20 Å². The molecule has 2 N–H and O–H groups in total. The van der Waals surface area contributed by atoms with E-state index in [1.165, 1.54) is 37.0 Å². The summed E-state index contributed by atoms with van der Waals surface area (Å²) < 4.78 is 1.08. The quantitative estimate of drug-likeness (QED) is 0.669. The van der Waals surface area contributed by atoms with Crippen LogP contribution in [0.15, 0.2) is 23.1 Å². The number of carboxylic acids is 1. The Bertz CT molecular complexity index is 626. The minimum absolute atomic E-state index is 0.00697. The molecule has 1 heterocycles. The number of hydrogen-bond donors (Lipinski definition) is 2. The largest absolute Gasteiger partial charge is 0.480 e. The van der Waals surface area contributed by atoms with Gasteiger partial charge in [0.05, 0.1) is 5.56 Å². The Balaban J connectivity index is 2.80. The molecule has 8 heteroatoms. The Kier molecular flexibility index (Phi) is 6.84. The molecule has 22 heavy (non-hydrogen) atoms. The molecule has 0 aliphatic carbocycles. The maximum absolute atomic E-state index is 12.0. The molecule has 0 aromatic carbocycles. The lowest BCUT2D eigenvalue weighted by Crippen LogP contribution is -2.43. The second-order valence-corrected chi connectivity index (χ2v) is 5.64. The Labute approximate surface area is 131 Å². The van der Waals surface area contributed by atoms with Crippen molar-refractivity contribution in [3.63, 3.8) is 0 Å². The van der Waals surface area contributed by atoms with Gasteiger partial charge in [-0.3, -0.25) is 14.4 Å². The number of hydrogen-bond acceptors (Lipinski definition) is 5. The van der Waals surface area contributed by atoms with Crippen LogP contribution in [0.25, 0.3) is 0 Å². The smallest absolute Gasteiger partial charge is 0.326 e. The van der Waals surface area contributed by atoms with E-state index in [0.717, 1.165) is 4.57 Å². The maximum atomic E-state index is 12.0. The van der Waals surface area contributed by atoms with Crippen molar-refractivity contribution in [1.82, 2.24) is 9.88 Å². The average Bonchev–Trinajstić information content (AvgIpc) is 2.45. The molecule has 1 atom stereocenters. The van der Waals surface area contributed by atoms with E-state index in [9.17, 15) is 19.2 Å². The lowest BCUT2D eigenvalue weighted by Gasteiger charge is -2.14. The van der Waals surface area contributed by atoms with Gasteiger partial charge in [0.25, 0.3) is 5.56 Å². The number of ketones is 1. The predicted octanol–water partition coefficient (Wildman–Crippen LogP) is 0.373. The summed E-state index contributed by atoms with van der Waals surface area (Å²) in [5, 5.41) is 11.4. The van der Waals surface area contributed by atoms with Gasteiger partial charge >= 0.3 is 5.97 Å². The van der Waals surface area contributed by atoms with Gasteiger partial charge in [-0.2, -0.15) is 11.8 Å². The molecule has 7 nitrogen and oxygen atoms in total. The van der Waals surface area contributed by atoms with E-state index < -0.39 is 23.5 Å². The molecular weight excluding hydrogens is 308 g/mol. The number of aromatic nitrogens is 1. The number of thioether (sulfide) groups is 1. The summed E-state index contributed by atoms with van der Waals surface area (Å²) >= 11 is 1.48. The van der Waals surface area contributed by atoms with Gasteiger partial charge in [0.2, 0.25) is 5.91 Å². The molecule has 0 spiro atoms. The van der Waals surface area contributed by atoms with E-state index in [-0.39, 0.29) is 17.9 Å². The normalized spacial score (nSPS) is 11.7. The second-order valence-electron chi connectivity index (χ2n) is 4.65. The first-order chi connectivity index (χ1) is 10.4. The first kappa shape index (κ1) is 18.0. The summed E-state index contributed by atoms with van der Waals surface area (Å²) in [6.07, 6.45) is 3.52. The molecule has 0 bridgehead atoms. The Morgan fingerprint density at radius 1 is 1.41 bits per heavy atom. The molecule has 0 aliphatic rings. The summed E-state index contributed by atoms with van der Waals surface area (Å²) in [7, 11) is 0. The standard InChI is InChI=1S/C14H18N2O5S/c1-9(17)10-4-3-6-16(13(10)19)8-12(18)15-11(14(20)21)5-7-22-2/h3-4,6,11H,5,7-8H2,1-2H3,(H,15,18)(H,20,21). The van der Waals surface area contributed by atoms with Crippen molar-refractivity contribution in [2.75, 3.05) is 12.0 Å².